The van der Waals surface area contributed by atoms with E-state index in [0.717, 1.165) is 31.5 Å². The number of rotatable bonds is 4. The quantitative estimate of drug-likeness (QED) is 0.876. The van der Waals surface area contributed by atoms with Gasteiger partial charge in [0.15, 0.2) is 0 Å². The molecule has 114 valence electrons. The predicted molar refractivity (Wildman–Crippen MR) is 80.0 cm³/mol. The molecular weight excluding hydrogens is 268 g/mol. The molecule has 1 atom stereocenters. The van der Waals surface area contributed by atoms with Gasteiger partial charge < -0.3 is 9.73 Å². The molecule has 0 radical (unpaired) electrons. The molecular formula is C15H22N4O2. The second-order valence-electron chi connectivity index (χ2n) is 5.51. The number of nitrogens with zero attached hydrogens (tertiary/aromatic N) is 2. The maximum Gasteiger partial charge on any atom is 0.240 e. The van der Waals surface area contributed by atoms with E-state index in [1.807, 2.05) is 14.0 Å². The Morgan fingerprint density at radius 1 is 1.52 bits per heavy atom. The van der Waals surface area contributed by atoms with Crippen LogP contribution in [0.25, 0.3) is 0 Å². The second kappa shape index (κ2) is 6.74. The molecule has 1 aromatic heterocycles. The summed E-state index contributed by atoms with van der Waals surface area (Å²) in [6.45, 7) is 5.71. The highest BCUT2D eigenvalue weighted by atomic mass is 16.4. The third-order valence-electron chi connectivity index (χ3n) is 4.03. The number of likely N-dealkylation sites (N-methyl/N-ethyl adjacent to an activating group) is 1. The van der Waals surface area contributed by atoms with Gasteiger partial charge >= 0.3 is 0 Å². The van der Waals surface area contributed by atoms with E-state index in [2.05, 4.69) is 21.6 Å². The predicted octanol–water partition coefficient (Wildman–Crippen LogP) is 1.39. The van der Waals surface area contributed by atoms with E-state index >= 15 is 0 Å². The van der Waals surface area contributed by atoms with Crippen molar-refractivity contribution in [1.82, 2.24) is 10.2 Å². The number of likely N-dealkylation sites (tertiary alicyclic amines) is 1. The molecule has 0 spiro atoms. The molecule has 1 fully saturated rings. The largest absolute Gasteiger partial charge is 0.444 e. The fraction of sp³-hybridized carbons (Fsp3) is 0.600. The zero-order chi connectivity index (χ0) is 15.4. The molecule has 1 aliphatic heterocycles. The Labute approximate surface area is 125 Å². The van der Waals surface area contributed by atoms with Crippen LogP contribution >= 0.6 is 0 Å². The Hall–Kier alpha value is -1.84. The van der Waals surface area contributed by atoms with Crippen LogP contribution in [-0.4, -0.2) is 43.5 Å². The summed E-state index contributed by atoms with van der Waals surface area (Å²) in [6, 6.07) is 2.52. The van der Waals surface area contributed by atoms with E-state index in [4.69, 9.17) is 9.68 Å². The van der Waals surface area contributed by atoms with Crippen molar-refractivity contribution in [2.24, 2.45) is 0 Å². The van der Waals surface area contributed by atoms with Crippen LogP contribution in [0.4, 0.5) is 5.88 Å². The van der Waals surface area contributed by atoms with Crippen LogP contribution in [-0.2, 0) is 4.79 Å². The summed E-state index contributed by atoms with van der Waals surface area (Å²) in [7, 11) is 1.95. The first-order valence-corrected chi connectivity index (χ1v) is 7.24. The first-order chi connectivity index (χ1) is 10.0. The highest BCUT2D eigenvalue weighted by Crippen LogP contribution is 2.25. The SMILES string of the molecule is CNC1CCCN(CC(=O)Nc2oc(C)c(C)c2C#N)C1. The van der Waals surface area contributed by atoms with Gasteiger partial charge in [0.2, 0.25) is 11.8 Å². The van der Waals surface area contributed by atoms with Gasteiger partial charge in [-0.25, -0.2) is 0 Å². The summed E-state index contributed by atoms with van der Waals surface area (Å²) in [5.41, 5.74) is 1.19. The summed E-state index contributed by atoms with van der Waals surface area (Å²) in [4.78, 5) is 14.2. The topological polar surface area (TPSA) is 81.3 Å². The number of aryl methyl sites for hydroxylation is 1. The maximum atomic E-state index is 12.1. The van der Waals surface area contributed by atoms with Crippen LogP contribution in [0.15, 0.2) is 4.42 Å². The Kier molecular flexibility index (Phi) is 4.99. The number of nitriles is 1. The minimum atomic E-state index is -0.142. The Morgan fingerprint density at radius 2 is 2.29 bits per heavy atom. The number of amides is 1. The molecule has 0 aromatic carbocycles. The van der Waals surface area contributed by atoms with Gasteiger partial charge in [0.25, 0.3) is 0 Å². The number of hydrogen-bond acceptors (Lipinski definition) is 5. The molecule has 1 unspecified atom stereocenters. The summed E-state index contributed by atoms with van der Waals surface area (Å²) in [5.74, 6) is 0.784. The van der Waals surface area contributed by atoms with E-state index in [0.29, 0.717) is 23.9 Å². The number of hydrogen-bond donors (Lipinski definition) is 2. The number of piperidine rings is 1. The van der Waals surface area contributed by atoms with Gasteiger partial charge in [-0.1, -0.05) is 0 Å². The van der Waals surface area contributed by atoms with Gasteiger partial charge in [-0.2, -0.15) is 5.26 Å². The molecule has 0 saturated carbocycles. The van der Waals surface area contributed by atoms with Crippen molar-refractivity contribution in [3.05, 3.63) is 16.9 Å². The van der Waals surface area contributed by atoms with Crippen molar-refractivity contribution in [3.8, 4) is 6.07 Å². The third kappa shape index (κ3) is 3.63. The molecule has 21 heavy (non-hydrogen) atoms. The molecule has 1 aliphatic rings. The van der Waals surface area contributed by atoms with Gasteiger partial charge in [0.1, 0.15) is 17.4 Å². The Balaban J connectivity index is 1.96. The lowest BCUT2D eigenvalue weighted by Gasteiger charge is -2.31. The van der Waals surface area contributed by atoms with Gasteiger partial charge in [-0.05, 0) is 40.3 Å². The van der Waals surface area contributed by atoms with Crippen LogP contribution < -0.4 is 10.6 Å². The van der Waals surface area contributed by atoms with Crippen LogP contribution in [0.1, 0.15) is 29.7 Å². The van der Waals surface area contributed by atoms with Crippen molar-refractivity contribution in [1.29, 1.82) is 5.26 Å². The molecule has 6 heteroatoms. The lowest BCUT2D eigenvalue weighted by atomic mass is 10.1. The highest BCUT2D eigenvalue weighted by molar-refractivity contribution is 5.92. The van der Waals surface area contributed by atoms with Crippen molar-refractivity contribution < 1.29 is 9.21 Å². The maximum absolute atomic E-state index is 12.1. The number of carbonyl (C=O) groups is 1. The first-order valence-electron chi connectivity index (χ1n) is 7.24. The third-order valence-corrected chi connectivity index (χ3v) is 4.03. The molecule has 1 amide bonds. The molecule has 2 heterocycles. The average molecular weight is 290 g/mol. The zero-order valence-corrected chi connectivity index (χ0v) is 12.8. The Morgan fingerprint density at radius 3 is 2.95 bits per heavy atom. The van der Waals surface area contributed by atoms with Crippen LogP contribution in [0.5, 0.6) is 0 Å². The normalized spacial score (nSPS) is 19.2. The molecule has 1 saturated heterocycles. The van der Waals surface area contributed by atoms with E-state index < -0.39 is 0 Å². The van der Waals surface area contributed by atoms with Gasteiger partial charge in [0, 0.05) is 18.2 Å². The standard InChI is InChI=1S/C15H22N4O2/c1-10-11(2)21-15(13(10)7-16)18-14(20)9-19-6-4-5-12(8-19)17-3/h12,17H,4-6,8-9H2,1-3H3,(H,18,20). The van der Waals surface area contributed by atoms with E-state index in [-0.39, 0.29) is 11.8 Å². The molecule has 0 aliphatic carbocycles. The summed E-state index contributed by atoms with van der Waals surface area (Å²) >= 11 is 0. The number of carbonyl (C=O) groups excluding carboxylic acids is 1. The summed E-state index contributed by atoms with van der Waals surface area (Å²) in [6.07, 6.45) is 2.23. The minimum absolute atomic E-state index is 0.142. The van der Waals surface area contributed by atoms with Crippen molar-refractivity contribution in [2.75, 3.05) is 32.0 Å². The fourth-order valence-corrected chi connectivity index (χ4v) is 2.65. The zero-order valence-electron chi connectivity index (χ0n) is 12.8. The van der Waals surface area contributed by atoms with Gasteiger partial charge in [0.05, 0.1) is 6.54 Å². The molecule has 6 nitrogen and oxygen atoms in total. The van der Waals surface area contributed by atoms with E-state index in [9.17, 15) is 4.79 Å². The van der Waals surface area contributed by atoms with Gasteiger partial charge in [-0.15, -0.1) is 0 Å². The van der Waals surface area contributed by atoms with Gasteiger partial charge in [-0.3, -0.25) is 15.0 Å². The lowest BCUT2D eigenvalue weighted by molar-refractivity contribution is -0.117. The Bertz CT molecular complexity index is 559. The molecule has 2 N–H and O–H groups in total. The van der Waals surface area contributed by atoms with Crippen molar-refractivity contribution >= 4 is 11.8 Å². The fourth-order valence-electron chi connectivity index (χ4n) is 2.65. The summed E-state index contributed by atoms with van der Waals surface area (Å²) < 4.78 is 5.45. The molecule has 1 aromatic rings. The van der Waals surface area contributed by atoms with E-state index in [1.54, 1.807) is 6.92 Å². The first kappa shape index (κ1) is 15.5. The number of anilines is 1. The smallest absolute Gasteiger partial charge is 0.240 e. The van der Waals surface area contributed by atoms with Crippen molar-refractivity contribution in [2.45, 2.75) is 32.7 Å². The average Bonchev–Trinajstić information content (AvgIpc) is 2.73. The molecule has 2 rings (SSSR count). The van der Waals surface area contributed by atoms with Crippen LogP contribution in [0.2, 0.25) is 0 Å². The number of furan rings is 1. The van der Waals surface area contributed by atoms with Crippen LogP contribution in [0, 0.1) is 25.2 Å². The second-order valence-corrected chi connectivity index (χ2v) is 5.51. The molecule has 0 bridgehead atoms. The monoisotopic (exact) mass is 290 g/mol. The number of nitrogens with one attached hydrogen (secondary N) is 2. The summed E-state index contributed by atoms with van der Waals surface area (Å²) in [5, 5.41) is 15.1. The van der Waals surface area contributed by atoms with E-state index in [1.165, 1.54) is 0 Å². The highest BCUT2D eigenvalue weighted by Gasteiger charge is 2.22. The lowest BCUT2D eigenvalue weighted by Crippen LogP contribution is -2.46. The minimum Gasteiger partial charge on any atom is -0.444 e. The van der Waals surface area contributed by atoms with Crippen LogP contribution in [0.3, 0.4) is 0 Å². The van der Waals surface area contributed by atoms with Crippen molar-refractivity contribution in [3.63, 3.8) is 0 Å².